The Morgan fingerprint density at radius 2 is 1.89 bits per heavy atom. The molecule has 0 aromatic heterocycles. The van der Waals surface area contributed by atoms with E-state index in [-0.39, 0.29) is 5.54 Å². The van der Waals surface area contributed by atoms with Crippen LogP contribution in [-0.2, 0) is 12.0 Å². The number of fused-ring (bicyclic) bond motifs is 1. The van der Waals surface area contributed by atoms with Crippen LogP contribution in [0.5, 0.6) is 11.5 Å². The van der Waals surface area contributed by atoms with Gasteiger partial charge in [0.05, 0.1) is 18.2 Å². The zero-order valence-electron chi connectivity index (χ0n) is 11.3. The predicted octanol–water partition coefficient (Wildman–Crippen LogP) is 3.40. The molecule has 1 aliphatic heterocycles. The molecular weight excluding hydrogens is 262 g/mol. The van der Waals surface area contributed by atoms with Gasteiger partial charge in [0.15, 0.2) is 11.5 Å². The van der Waals surface area contributed by atoms with Crippen molar-refractivity contribution in [2.45, 2.75) is 44.6 Å². The molecule has 0 saturated heterocycles. The largest absolute Gasteiger partial charge is 0.489 e. The van der Waals surface area contributed by atoms with Crippen LogP contribution in [0.3, 0.4) is 0 Å². The Bertz CT molecular complexity index is 497. The maximum Gasteiger partial charge on any atom is 0.180 e. The van der Waals surface area contributed by atoms with E-state index in [1.807, 2.05) is 6.07 Å². The van der Waals surface area contributed by atoms with E-state index in [9.17, 15) is 0 Å². The Morgan fingerprint density at radius 3 is 2.47 bits per heavy atom. The summed E-state index contributed by atoms with van der Waals surface area (Å²) in [6.07, 6.45) is 5.01. The topological polar surface area (TPSA) is 44.5 Å². The summed E-state index contributed by atoms with van der Waals surface area (Å²) in [5.41, 5.74) is 8.58. The SMILES string of the molecule is CCc1c(C2(N)CCC2)cc(Cl)c2c1OCCCO2. The van der Waals surface area contributed by atoms with Crippen molar-refractivity contribution in [1.29, 1.82) is 0 Å². The molecule has 0 unspecified atom stereocenters. The summed E-state index contributed by atoms with van der Waals surface area (Å²) in [6, 6.07) is 1.99. The molecule has 1 aromatic rings. The third kappa shape index (κ3) is 2.09. The van der Waals surface area contributed by atoms with Crippen molar-refractivity contribution >= 4 is 11.6 Å². The fourth-order valence-electron chi connectivity index (χ4n) is 2.96. The molecule has 0 atom stereocenters. The smallest absolute Gasteiger partial charge is 0.180 e. The van der Waals surface area contributed by atoms with Gasteiger partial charge in [-0.15, -0.1) is 0 Å². The van der Waals surface area contributed by atoms with Crippen LogP contribution in [0.1, 0.15) is 43.7 Å². The van der Waals surface area contributed by atoms with Crippen molar-refractivity contribution < 1.29 is 9.47 Å². The highest BCUT2D eigenvalue weighted by molar-refractivity contribution is 6.32. The van der Waals surface area contributed by atoms with Crippen molar-refractivity contribution in [3.63, 3.8) is 0 Å². The minimum atomic E-state index is -0.223. The number of nitrogens with two attached hydrogens (primary N) is 1. The number of hydrogen-bond acceptors (Lipinski definition) is 3. The lowest BCUT2D eigenvalue weighted by molar-refractivity contribution is 0.249. The highest BCUT2D eigenvalue weighted by Crippen LogP contribution is 2.48. The fourth-order valence-corrected chi connectivity index (χ4v) is 3.21. The zero-order chi connectivity index (χ0) is 13.5. The van der Waals surface area contributed by atoms with Crippen molar-refractivity contribution in [3.8, 4) is 11.5 Å². The molecule has 0 amide bonds. The van der Waals surface area contributed by atoms with Crippen LogP contribution in [0.4, 0.5) is 0 Å². The van der Waals surface area contributed by atoms with Gasteiger partial charge in [0.25, 0.3) is 0 Å². The van der Waals surface area contributed by atoms with Crippen LogP contribution < -0.4 is 15.2 Å². The minimum Gasteiger partial charge on any atom is -0.489 e. The summed E-state index contributed by atoms with van der Waals surface area (Å²) >= 11 is 6.38. The van der Waals surface area contributed by atoms with Gasteiger partial charge in [-0.3, -0.25) is 0 Å². The molecule has 1 heterocycles. The first-order valence-corrected chi connectivity index (χ1v) is 7.44. The summed E-state index contributed by atoms with van der Waals surface area (Å²) in [4.78, 5) is 0. The molecule has 104 valence electrons. The van der Waals surface area contributed by atoms with E-state index in [2.05, 4.69) is 6.92 Å². The number of rotatable bonds is 2. The molecule has 0 radical (unpaired) electrons. The Labute approximate surface area is 119 Å². The van der Waals surface area contributed by atoms with Gasteiger partial charge in [0.2, 0.25) is 0 Å². The second kappa shape index (κ2) is 4.88. The van der Waals surface area contributed by atoms with Gasteiger partial charge < -0.3 is 15.2 Å². The average molecular weight is 282 g/mol. The lowest BCUT2D eigenvalue weighted by atomic mass is 9.71. The van der Waals surface area contributed by atoms with Crippen LogP contribution in [0.25, 0.3) is 0 Å². The number of benzene rings is 1. The first kappa shape index (κ1) is 13.1. The molecule has 0 spiro atoms. The van der Waals surface area contributed by atoms with Gasteiger partial charge in [-0.25, -0.2) is 0 Å². The highest BCUT2D eigenvalue weighted by atomic mass is 35.5. The molecule has 3 nitrogen and oxygen atoms in total. The third-order valence-electron chi connectivity index (χ3n) is 4.21. The van der Waals surface area contributed by atoms with E-state index in [0.29, 0.717) is 24.0 Å². The second-order valence-corrected chi connectivity index (χ2v) is 5.86. The lowest BCUT2D eigenvalue weighted by Gasteiger charge is -2.40. The first-order chi connectivity index (χ1) is 9.15. The van der Waals surface area contributed by atoms with Crippen molar-refractivity contribution in [3.05, 3.63) is 22.2 Å². The number of halogens is 1. The molecule has 0 bridgehead atoms. The van der Waals surface area contributed by atoms with Gasteiger partial charge in [-0.05, 0) is 37.3 Å². The van der Waals surface area contributed by atoms with Gasteiger partial charge in [-0.1, -0.05) is 18.5 Å². The van der Waals surface area contributed by atoms with Crippen molar-refractivity contribution in [2.24, 2.45) is 5.73 Å². The van der Waals surface area contributed by atoms with E-state index in [4.69, 9.17) is 26.8 Å². The van der Waals surface area contributed by atoms with Crippen molar-refractivity contribution in [2.75, 3.05) is 13.2 Å². The lowest BCUT2D eigenvalue weighted by Crippen LogP contribution is -2.44. The van der Waals surface area contributed by atoms with Crippen LogP contribution in [-0.4, -0.2) is 13.2 Å². The van der Waals surface area contributed by atoms with Crippen LogP contribution in [0, 0.1) is 0 Å². The molecule has 1 fully saturated rings. The van der Waals surface area contributed by atoms with Crippen LogP contribution in [0.15, 0.2) is 6.07 Å². The normalized spacial score (nSPS) is 20.6. The molecule has 2 N–H and O–H groups in total. The summed E-state index contributed by atoms with van der Waals surface area (Å²) in [5.74, 6) is 1.52. The molecule has 19 heavy (non-hydrogen) atoms. The molecule has 1 aromatic carbocycles. The average Bonchev–Trinajstić information content (AvgIpc) is 2.62. The predicted molar refractivity (Wildman–Crippen MR) is 76.2 cm³/mol. The maximum atomic E-state index is 6.49. The maximum absolute atomic E-state index is 6.49. The monoisotopic (exact) mass is 281 g/mol. The Balaban J connectivity index is 2.15. The van der Waals surface area contributed by atoms with Gasteiger partial charge >= 0.3 is 0 Å². The van der Waals surface area contributed by atoms with Gasteiger partial charge in [0, 0.05) is 17.5 Å². The molecule has 3 rings (SSSR count). The Kier molecular flexibility index (Phi) is 3.35. The van der Waals surface area contributed by atoms with E-state index >= 15 is 0 Å². The van der Waals surface area contributed by atoms with Crippen LogP contribution in [0.2, 0.25) is 5.02 Å². The fraction of sp³-hybridized carbons (Fsp3) is 0.600. The third-order valence-corrected chi connectivity index (χ3v) is 4.49. The van der Waals surface area contributed by atoms with Crippen molar-refractivity contribution in [1.82, 2.24) is 0 Å². The van der Waals surface area contributed by atoms with Gasteiger partial charge in [-0.2, -0.15) is 0 Å². The summed E-state index contributed by atoms with van der Waals surface area (Å²) in [6.45, 7) is 3.46. The summed E-state index contributed by atoms with van der Waals surface area (Å²) in [5, 5.41) is 0.626. The molecular formula is C15H20ClNO2. The molecule has 4 heteroatoms. The molecule has 1 saturated carbocycles. The van der Waals surface area contributed by atoms with E-state index in [1.165, 1.54) is 12.0 Å². The van der Waals surface area contributed by atoms with E-state index in [0.717, 1.165) is 37.0 Å². The zero-order valence-corrected chi connectivity index (χ0v) is 12.1. The number of hydrogen-bond donors (Lipinski definition) is 1. The van der Waals surface area contributed by atoms with Gasteiger partial charge in [0.1, 0.15) is 0 Å². The number of ether oxygens (including phenoxy) is 2. The van der Waals surface area contributed by atoms with Crippen LogP contribution >= 0.6 is 11.6 Å². The Hall–Kier alpha value is -0.930. The molecule has 2 aliphatic rings. The molecule has 1 aliphatic carbocycles. The minimum absolute atomic E-state index is 0.223. The second-order valence-electron chi connectivity index (χ2n) is 5.46. The summed E-state index contributed by atoms with van der Waals surface area (Å²) < 4.78 is 11.6. The first-order valence-electron chi connectivity index (χ1n) is 7.06. The van der Waals surface area contributed by atoms with E-state index < -0.39 is 0 Å². The Morgan fingerprint density at radius 1 is 1.21 bits per heavy atom. The van der Waals surface area contributed by atoms with E-state index in [1.54, 1.807) is 0 Å². The summed E-state index contributed by atoms with van der Waals surface area (Å²) in [7, 11) is 0. The standard InChI is InChI=1S/C15H20ClNO2/c1-2-10-11(15(17)5-3-6-15)9-12(16)14-13(10)18-7-4-8-19-14/h9H,2-8,17H2,1H3. The quantitative estimate of drug-likeness (QED) is 0.904. The highest BCUT2D eigenvalue weighted by Gasteiger charge is 2.38.